The molecule has 234 valence electrons. The van der Waals surface area contributed by atoms with Crippen LogP contribution in [0.4, 0.5) is 0 Å². The van der Waals surface area contributed by atoms with E-state index < -0.39 is 11.5 Å². The van der Waals surface area contributed by atoms with Gasteiger partial charge in [0.15, 0.2) is 5.78 Å². The number of pyridine rings is 1. The van der Waals surface area contributed by atoms with Crippen molar-refractivity contribution < 1.29 is 19.5 Å². The molecule has 9 heteroatoms. The van der Waals surface area contributed by atoms with Gasteiger partial charge in [-0.25, -0.2) is 9.59 Å². The van der Waals surface area contributed by atoms with E-state index in [1.165, 1.54) is 12.5 Å². The van der Waals surface area contributed by atoms with Crippen molar-refractivity contribution in [1.29, 1.82) is 0 Å². The predicted octanol–water partition coefficient (Wildman–Crippen LogP) is 6.33. The molecule has 0 saturated heterocycles. The van der Waals surface area contributed by atoms with Gasteiger partial charge < -0.3 is 15.4 Å². The highest BCUT2D eigenvalue weighted by Crippen LogP contribution is 2.41. The van der Waals surface area contributed by atoms with Crippen molar-refractivity contribution in [2.24, 2.45) is 0 Å². The Morgan fingerprint density at radius 2 is 1.76 bits per heavy atom. The Hall–Kier alpha value is -5.05. The van der Waals surface area contributed by atoms with Crippen LogP contribution in [0.15, 0.2) is 71.7 Å². The second-order valence-corrected chi connectivity index (χ2v) is 12.8. The molecule has 0 atom stereocenters. The number of hydrogen-bond donors (Lipinski definition) is 3. The van der Waals surface area contributed by atoms with Gasteiger partial charge in [-0.3, -0.25) is 19.0 Å². The van der Waals surface area contributed by atoms with Crippen LogP contribution in [0.25, 0.3) is 33.5 Å². The van der Waals surface area contributed by atoms with E-state index >= 15 is 0 Å². The number of fused-ring (bicyclic) bond motifs is 5. The van der Waals surface area contributed by atoms with Gasteiger partial charge in [0.05, 0.1) is 22.1 Å². The fourth-order valence-electron chi connectivity index (χ4n) is 7.58. The molecule has 9 nitrogen and oxygen atoms in total. The van der Waals surface area contributed by atoms with Gasteiger partial charge in [0.1, 0.15) is 5.52 Å². The molecule has 2 aliphatic rings. The van der Waals surface area contributed by atoms with Crippen molar-refractivity contribution in [3.05, 3.63) is 99.6 Å². The number of aromatic amines is 1. The monoisotopic (exact) mass is 616 g/mol. The first-order valence-corrected chi connectivity index (χ1v) is 16.1. The molecule has 2 saturated carbocycles. The van der Waals surface area contributed by atoms with Gasteiger partial charge in [0.25, 0.3) is 5.91 Å². The van der Waals surface area contributed by atoms with Gasteiger partial charge in [-0.05, 0) is 78.6 Å². The maximum Gasteiger partial charge on any atom is 0.331 e. The summed E-state index contributed by atoms with van der Waals surface area (Å²) < 4.78 is 1.68. The molecule has 3 aromatic heterocycles. The van der Waals surface area contributed by atoms with Crippen molar-refractivity contribution >= 4 is 51.2 Å². The highest BCUT2D eigenvalue weighted by molar-refractivity contribution is 6.06. The van der Waals surface area contributed by atoms with Crippen molar-refractivity contribution in [2.75, 3.05) is 0 Å². The van der Waals surface area contributed by atoms with E-state index in [4.69, 9.17) is 5.11 Å². The SMILES string of the molecule is O=C(O)/C=C/c1ccc(CC(=O)C2(NC(=O)c3ccc4c(C5CCCCC5)c5c6ncccc6[nH]c(=O)n5c4c3)CCCC2)cc1. The van der Waals surface area contributed by atoms with Crippen LogP contribution in [0.5, 0.6) is 0 Å². The Kier molecular flexibility index (Phi) is 7.76. The normalized spacial score (nSPS) is 16.9. The minimum Gasteiger partial charge on any atom is -0.478 e. The van der Waals surface area contributed by atoms with Crippen LogP contribution in [-0.4, -0.2) is 42.7 Å². The largest absolute Gasteiger partial charge is 0.478 e. The Labute approximate surface area is 265 Å². The maximum absolute atomic E-state index is 13.9. The van der Waals surface area contributed by atoms with Crippen LogP contribution < -0.4 is 11.0 Å². The number of rotatable bonds is 8. The van der Waals surface area contributed by atoms with Gasteiger partial charge in [0, 0.05) is 29.6 Å². The minimum absolute atomic E-state index is 0.0463. The second-order valence-electron chi connectivity index (χ2n) is 12.8. The predicted molar refractivity (Wildman–Crippen MR) is 177 cm³/mol. The molecule has 3 heterocycles. The first-order valence-electron chi connectivity index (χ1n) is 16.1. The lowest BCUT2D eigenvalue weighted by atomic mass is 9.83. The average Bonchev–Trinajstić information content (AvgIpc) is 3.68. The van der Waals surface area contributed by atoms with Crippen LogP contribution in [0.3, 0.4) is 0 Å². The molecule has 7 rings (SSSR count). The van der Waals surface area contributed by atoms with Crippen molar-refractivity contribution in [3.63, 3.8) is 0 Å². The smallest absolute Gasteiger partial charge is 0.331 e. The Balaban J connectivity index is 1.23. The van der Waals surface area contributed by atoms with E-state index in [1.54, 1.807) is 28.8 Å². The number of aromatic nitrogens is 3. The van der Waals surface area contributed by atoms with Gasteiger partial charge in [-0.15, -0.1) is 0 Å². The van der Waals surface area contributed by atoms with E-state index in [0.29, 0.717) is 35.4 Å². The zero-order chi connectivity index (χ0) is 31.8. The molecule has 0 unspecified atom stereocenters. The van der Waals surface area contributed by atoms with Gasteiger partial charge in [0.2, 0.25) is 0 Å². The first kappa shape index (κ1) is 29.6. The van der Waals surface area contributed by atoms with Crippen LogP contribution in [0, 0.1) is 0 Å². The molecular weight excluding hydrogens is 580 g/mol. The number of nitrogens with one attached hydrogen (secondary N) is 2. The number of H-pyrrole nitrogens is 1. The summed E-state index contributed by atoms with van der Waals surface area (Å²) in [5.74, 6) is -1.11. The average molecular weight is 617 g/mol. The molecule has 2 aromatic carbocycles. The molecule has 0 bridgehead atoms. The Morgan fingerprint density at radius 3 is 2.50 bits per heavy atom. The molecule has 2 fully saturated rings. The standard InChI is InChI=1S/C37H36N4O5/c42-30(21-24-12-10-23(11-13-24)14-17-31(43)44)37(18-4-5-19-37)40-35(45)26-15-16-27-29(22-26)41-34(32(27)25-7-2-1-3-8-25)33-28(39-36(41)46)9-6-20-38-33/h6,9-17,20,22,25H,1-5,7-8,18-19,21H2,(H,39,46)(H,40,45)(H,43,44)/b17-14+. The lowest BCUT2D eigenvalue weighted by Crippen LogP contribution is -2.53. The number of carbonyl (C=O) groups excluding carboxylic acids is 2. The Bertz CT molecular complexity index is 2080. The number of carbonyl (C=O) groups is 3. The number of amides is 1. The summed E-state index contributed by atoms with van der Waals surface area (Å²) in [4.78, 5) is 59.7. The van der Waals surface area contributed by atoms with E-state index in [1.807, 2.05) is 36.4 Å². The van der Waals surface area contributed by atoms with Crippen LogP contribution in [0.2, 0.25) is 0 Å². The van der Waals surface area contributed by atoms with Crippen molar-refractivity contribution in [1.82, 2.24) is 19.7 Å². The molecule has 0 aliphatic heterocycles. The van der Waals surface area contributed by atoms with Gasteiger partial charge in [-0.2, -0.15) is 0 Å². The molecule has 46 heavy (non-hydrogen) atoms. The minimum atomic E-state index is -1.02. The zero-order valence-corrected chi connectivity index (χ0v) is 25.6. The number of ketones is 1. The van der Waals surface area contributed by atoms with Gasteiger partial charge in [-0.1, -0.05) is 62.4 Å². The summed E-state index contributed by atoms with van der Waals surface area (Å²) in [6.07, 6.45) is 12.9. The summed E-state index contributed by atoms with van der Waals surface area (Å²) >= 11 is 0. The number of carboxylic acids is 1. The lowest BCUT2D eigenvalue weighted by Gasteiger charge is -2.29. The molecular formula is C37H36N4O5. The molecule has 0 spiro atoms. The highest BCUT2D eigenvalue weighted by Gasteiger charge is 2.42. The van der Waals surface area contributed by atoms with Crippen LogP contribution in [0.1, 0.15) is 90.8 Å². The molecule has 5 aromatic rings. The summed E-state index contributed by atoms with van der Waals surface area (Å²) in [7, 11) is 0. The maximum atomic E-state index is 13.9. The van der Waals surface area contributed by atoms with Crippen LogP contribution >= 0.6 is 0 Å². The van der Waals surface area contributed by atoms with Crippen molar-refractivity contribution in [2.45, 2.75) is 75.7 Å². The lowest BCUT2D eigenvalue weighted by molar-refractivity contribution is -0.131. The van der Waals surface area contributed by atoms with Gasteiger partial charge >= 0.3 is 11.7 Å². The number of carboxylic acid groups (broad SMARTS) is 1. The molecule has 1 amide bonds. The third kappa shape index (κ3) is 5.40. The Morgan fingerprint density at radius 1 is 1.00 bits per heavy atom. The van der Waals surface area contributed by atoms with E-state index in [0.717, 1.165) is 77.7 Å². The molecule has 2 aliphatic carbocycles. The highest BCUT2D eigenvalue weighted by atomic mass is 16.4. The fourth-order valence-corrected chi connectivity index (χ4v) is 7.58. The third-order valence-corrected chi connectivity index (χ3v) is 9.87. The number of hydrogen-bond acceptors (Lipinski definition) is 5. The molecule has 3 N–H and O–H groups in total. The summed E-state index contributed by atoms with van der Waals surface area (Å²) in [6.45, 7) is 0. The molecule has 0 radical (unpaired) electrons. The second kappa shape index (κ2) is 12.0. The first-order chi connectivity index (χ1) is 22.3. The van der Waals surface area contributed by atoms with E-state index in [-0.39, 0.29) is 23.8 Å². The summed E-state index contributed by atoms with van der Waals surface area (Å²) in [5, 5.41) is 13.0. The quantitative estimate of drug-likeness (QED) is 0.175. The number of benzene rings is 2. The fraction of sp³-hybridized carbons (Fsp3) is 0.324. The number of Topliss-reactive ketones (excluding diaryl/α,β-unsaturated/α-hetero) is 1. The van der Waals surface area contributed by atoms with E-state index in [9.17, 15) is 19.2 Å². The zero-order valence-electron chi connectivity index (χ0n) is 25.6. The number of aliphatic carboxylic acids is 1. The third-order valence-electron chi connectivity index (χ3n) is 9.87. The summed E-state index contributed by atoms with van der Waals surface area (Å²) in [5.41, 5.74) is 4.72. The topological polar surface area (TPSA) is 134 Å². The summed E-state index contributed by atoms with van der Waals surface area (Å²) in [6, 6.07) is 16.4. The van der Waals surface area contributed by atoms with Crippen LogP contribution in [-0.2, 0) is 16.0 Å². The number of nitrogens with zero attached hydrogens (tertiary/aromatic N) is 2. The van der Waals surface area contributed by atoms with E-state index in [2.05, 4.69) is 15.3 Å². The van der Waals surface area contributed by atoms with Crippen molar-refractivity contribution in [3.8, 4) is 0 Å².